The van der Waals surface area contributed by atoms with Crippen molar-refractivity contribution in [1.29, 1.82) is 0 Å². The van der Waals surface area contributed by atoms with E-state index in [0.29, 0.717) is 21.7 Å². The molecule has 1 unspecified atom stereocenters. The van der Waals surface area contributed by atoms with Crippen molar-refractivity contribution >= 4 is 28.6 Å². The van der Waals surface area contributed by atoms with Crippen LogP contribution in [0.25, 0.3) is 16.6 Å². The third kappa shape index (κ3) is 5.68. The monoisotopic (exact) mass is 495 g/mol. The van der Waals surface area contributed by atoms with Crippen LogP contribution in [-0.4, -0.2) is 28.1 Å². The molecule has 0 spiro atoms. The fourth-order valence-corrected chi connectivity index (χ4v) is 4.69. The van der Waals surface area contributed by atoms with Crippen molar-refractivity contribution in [2.24, 2.45) is 0 Å². The largest absolute Gasteiger partial charge is 0.435 e. The first-order chi connectivity index (χ1) is 16.8. The summed E-state index contributed by atoms with van der Waals surface area (Å²) in [5.41, 5.74) is 1.32. The molecule has 35 heavy (non-hydrogen) atoms. The number of carbonyl (C=O) groups excluding carboxylic acids is 1. The zero-order valence-electron chi connectivity index (χ0n) is 19.0. The first-order valence-corrected chi connectivity index (χ1v) is 11.8. The zero-order valence-corrected chi connectivity index (χ0v) is 19.8. The summed E-state index contributed by atoms with van der Waals surface area (Å²) in [5.74, 6) is -0.246. The van der Waals surface area contributed by atoms with E-state index in [9.17, 15) is 18.4 Å². The number of fused-ring (bicyclic) bond motifs is 1. The van der Waals surface area contributed by atoms with Gasteiger partial charge in [0, 0.05) is 6.04 Å². The van der Waals surface area contributed by atoms with Crippen molar-refractivity contribution in [3.05, 3.63) is 94.8 Å². The summed E-state index contributed by atoms with van der Waals surface area (Å²) >= 11 is 1.15. The summed E-state index contributed by atoms with van der Waals surface area (Å²) in [4.78, 5) is 31.4. The Kier molecular flexibility index (Phi) is 7.45. The third-order valence-electron chi connectivity index (χ3n) is 5.06. The minimum Gasteiger partial charge on any atom is -0.435 e. The summed E-state index contributed by atoms with van der Waals surface area (Å²) in [6.45, 7) is 0.790. The number of halogens is 2. The van der Waals surface area contributed by atoms with Gasteiger partial charge in [-0.3, -0.25) is 14.2 Å². The lowest BCUT2D eigenvalue weighted by atomic mass is 10.1. The molecule has 0 aliphatic carbocycles. The first-order valence-electron chi connectivity index (χ1n) is 10.9. The van der Waals surface area contributed by atoms with Gasteiger partial charge in [-0.2, -0.15) is 8.78 Å². The number of hydrogen-bond donors (Lipinski definition) is 1. The second kappa shape index (κ2) is 10.7. The van der Waals surface area contributed by atoms with Gasteiger partial charge in [0.1, 0.15) is 11.0 Å². The second-order valence-corrected chi connectivity index (χ2v) is 9.07. The minimum absolute atomic E-state index is 0.0294. The normalized spacial score (nSPS) is 12.2. The lowest BCUT2D eigenvalue weighted by Gasteiger charge is -2.20. The van der Waals surface area contributed by atoms with Gasteiger partial charge in [0.2, 0.25) is 5.91 Å². The Morgan fingerprint density at radius 2 is 1.63 bits per heavy atom. The topological polar surface area (TPSA) is 73.2 Å². The second-order valence-electron chi connectivity index (χ2n) is 8.00. The standard InChI is InChI=1S/C26H23F2N3O3S/c1-16(2)29-23(32)22(17-8-4-3-5-9-17)35-26-30-21-11-7-6-10-20(21)24(33)31(26)18-12-14-19(15-13-18)34-25(27)28/h3-16,22,25H,1-2H3,(H,29,32). The molecule has 4 rings (SSSR count). The summed E-state index contributed by atoms with van der Waals surface area (Å²) < 4.78 is 31.0. The fourth-order valence-electron chi connectivity index (χ4n) is 3.56. The number of thioether (sulfide) groups is 1. The van der Waals surface area contributed by atoms with Crippen LogP contribution in [0.3, 0.4) is 0 Å². The van der Waals surface area contributed by atoms with Crippen LogP contribution in [-0.2, 0) is 4.79 Å². The molecular formula is C26H23F2N3O3S. The van der Waals surface area contributed by atoms with Crippen LogP contribution in [0.1, 0.15) is 24.7 Å². The average Bonchev–Trinajstić information content (AvgIpc) is 2.83. The predicted octanol–water partition coefficient (Wildman–Crippen LogP) is 5.35. The van der Waals surface area contributed by atoms with Crippen molar-refractivity contribution in [1.82, 2.24) is 14.9 Å². The highest BCUT2D eigenvalue weighted by atomic mass is 32.2. The van der Waals surface area contributed by atoms with Gasteiger partial charge in [0.15, 0.2) is 5.16 Å². The smallest absolute Gasteiger partial charge is 0.387 e. The van der Waals surface area contributed by atoms with Crippen LogP contribution in [0.5, 0.6) is 5.75 Å². The maximum atomic E-state index is 13.5. The van der Waals surface area contributed by atoms with E-state index in [1.165, 1.54) is 28.8 Å². The fraction of sp³-hybridized carbons (Fsp3) is 0.192. The van der Waals surface area contributed by atoms with Crippen LogP contribution in [0, 0.1) is 0 Å². The molecule has 3 aromatic carbocycles. The van der Waals surface area contributed by atoms with Gasteiger partial charge < -0.3 is 10.1 Å². The first kappa shape index (κ1) is 24.4. The van der Waals surface area contributed by atoms with E-state index in [1.807, 2.05) is 44.2 Å². The maximum absolute atomic E-state index is 13.5. The van der Waals surface area contributed by atoms with Gasteiger partial charge in [0.05, 0.1) is 16.6 Å². The molecule has 0 aliphatic rings. The lowest BCUT2D eigenvalue weighted by molar-refractivity contribution is -0.121. The molecular weight excluding hydrogens is 472 g/mol. The van der Waals surface area contributed by atoms with Crippen molar-refractivity contribution in [3.8, 4) is 11.4 Å². The number of hydrogen-bond acceptors (Lipinski definition) is 5. The molecule has 1 aromatic heterocycles. The van der Waals surface area contributed by atoms with Crippen LogP contribution >= 0.6 is 11.8 Å². The number of nitrogens with one attached hydrogen (secondary N) is 1. The Morgan fingerprint density at radius 3 is 2.29 bits per heavy atom. The molecule has 180 valence electrons. The number of alkyl halides is 2. The third-order valence-corrected chi connectivity index (χ3v) is 6.27. The van der Waals surface area contributed by atoms with E-state index in [4.69, 9.17) is 4.98 Å². The quantitative estimate of drug-likeness (QED) is 0.264. The highest BCUT2D eigenvalue weighted by molar-refractivity contribution is 8.00. The number of rotatable bonds is 8. The number of amides is 1. The summed E-state index contributed by atoms with van der Waals surface area (Å²) in [6, 6.07) is 21.8. The molecule has 6 nitrogen and oxygen atoms in total. The highest BCUT2D eigenvalue weighted by Crippen LogP contribution is 2.36. The zero-order chi connectivity index (χ0) is 24.9. The number of aromatic nitrogens is 2. The summed E-state index contributed by atoms with van der Waals surface area (Å²) in [5, 5.41) is 2.95. The molecule has 0 bridgehead atoms. The lowest BCUT2D eigenvalue weighted by Crippen LogP contribution is -2.34. The Labute approximate surface area is 205 Å². The number of nitrogens with zero attached hydrogens (tertiary/aromatic N) is 2. The molecule has 4 aromatic rings. The molecule has 0 fully saturated rings. The van der Waals surface area contributed by atoms with Crippen LogP contribution < -0.4 is 15.6 Å². The van der Waals surface area contributed by atoms with E-state index in [-0.39, 0.29) is 23.3 Å². The SMILES string of the molecule is CC(C)NC(=O)C(Sc1nc2ccccc2c(=O)n1-c1ccc(OC(F)F)cc1)c1ccccc1. The molecule has 1 N–H and O–H groups in total. The molecule has 9 heteroatoms. The van der Waals surface area contributed by atoms with Gasteiger partial charge >= 0.3 is 6.61 Å². The maximum Gasteiger partial charge on any atom is 0.387 e. The summed E-state index contributed by atoms with van der Waals surface area (Å²) in [7, 11) is 0. The molecule has 1 amide bonds. The van der Waals surface area contributed by atoms with E-state index in [1.54, 1.807) is 24.3 Å². The number of carbonyl (C=O) groups is 1. The van der Waals surface area contributed by atoms with Gasteiger partial charge in [0.25, 0.3) is 5.56 Å². The van der Waals surface area contributed by atoms with Crippen molar-refractivity contribution < 1.29 is 18.3 Å². The van der Waals surface area contributed by atoms with E-state index < -0.39 is 11.9 Å². The van der Waals surface area contributed by atoms with Crippen LogP contribution in [0.2, 0.25) is 0 Å². The molecule has 0 saturated heterocycles. The van der Waals surface area contributed by atoms with E-state index in [0.717, 1.165) is 17.3 Å². The Balaban J connectivity index is 1.85. The number of benzene rings is 3. The highest BCUT2D eigenvalue weighted by Gasteiger charge is 2.26. The van der Waals surface area contributed by atoms with Crippen molar-refractivity contribution in [2.45, 2.75) is 36.9 Å². The van der Waals surface area contributed by atoms with Crippen molar-refractivity contribution in [3.63, 3.8) is 0 Å². The molecule has 1 heterocycles. The van der Waals surface area contributed by atoms with Gasteiger partial charge in [-0.25, -0.2) is 4.98 Å². The molecule has 1 atom stereocenters. The summed E-state index contributed by atoms with van der Waals surface area (Å²) in [6.07, 6.45) is 0. The number of para-hydroxylation sites is 1. The molecule has 0 radical (unpaired) electrons. The van der Waals surface area contributed by atoms with E-state index in [2.05, 4.69) is 10.1 Å². The Morgan fingerprint density at radius 1 is 0.971 bits per heavy atom. The van der Waals surface area contributed by atoms with Gasteiger partial charge in [-0.15, -0.1) is 0 Å². The van der Waals surface area contributed by atoms with Gasteiger partial charge in [-0.05, 0) is 55.8 Å². The Hall–Kier alpha value is -3.72. The van der Waals surface area contributed by atoms with Crippen LogP contribution in [0.4, 0.5) is 8.78 Å². The van der Waals surface area contributed by atoms with Crippen LogP contribution in [0.15, 0.2) is 88.8 Å². The minimum atomic E-state index is -2.96. The predicted molar refractivity (Wildman–Crippen MR) is 132 cm³/mol. The molecule has 0 aliphatic heterocycles. The average molecular weight is 496 g/mol. The van der Waals surface area contributed by atoms with E-state index >= 15 is 0 Å². The van der Waals surface area contributed by atoms with Gasteiger partial charge in [-0.1, -0.05) is 54.2 Å². The molecule has 0 saturated carbocycles. The Bertz CT molecular complexity index is 1380. The number of ether oxygens (including phenoxy) is 1. The van der Waals surface area contributed by atoms with Crippen molar-refractivity contribution in [2.75, 3.05) is 0 Å².